The molecule has 1 saturated heterocycles. The molecule has 0 spiro atoms. The monoisotopic (exact) mass is 153 g/mol. The Hall–Kier alpha value is -0.370. The second-order valence-electron chi connectivity index (χ2n) is 3.92. The molecule has 0 amide bonds. The van der Waals surface area contributed by atoms with Gasteiger partial charge in [0.25, 0.3) is 0 Å². The number of hydrogen-bond donors (Lipinski definition) is 0. The lowest BCUT2D eigenvalue weighted by atomic mass is 9.95. The van der Waals surface area contributed by atoms with Crippen LogP contribution >= 0.6 is 0 Å². The van der Waals surface area contributed by atoms with Gasteiger partial charge in [0.2, 0.25) is 0 Å². The second kappa shape index (κ2) is 2.59. The molecule has 0 aromatic rings. The zero-order valence-electron chi connectivity index (χ0n) is 6.99. The van der Waals surface area contributed by atoms with Crippen molar-refractivity contribution in [2.75, 3.05) is 13.6 Å². The Morgan fingerprint density at radius 3 is 3.00 bits per heavy atom. The van der Waals surface area contributed by atoms with Gasteiger partial charge in [-0.25, -0.2) is 0 Å². The van der Waals surface area contributed by atoms with E-state index in [9.17, 15) is 4.79 Å². The maximum atomic E-state index is 10.7. The smallest absolute Gasteiger partial charge is 0.137 e. The quantitative estimate of drug-likeness (QED) is 0.522. The lowest BCUT2D eigenvalue weighted by Gasteiger charge is -2.16. The Morgan fingerprint density at radius 1 is 1.45 bits per heavy atom. The first-order valence-electron chi connectivity index (χ1n) is 4.48. The third-order valence-corrected chi connectivity index (χ3v) is 3.33. The van der Waals surface area contributed by atoms with Gasteiger partial charge in [-0.1, -0.05) is 6.42 Å². The van der Waals surface area contributed by atoms with Crippen LogP contribution in [0.15, 0.2) is 0 Å². The Morgan fingerprint density at radius 2 is 2.27 bits per heavy atom. The van der Waals surface area contributed by atoms with E-state index in [1.54, 1.807) is 0 Å². The van der Waals surface area contributed by atoms with Gasteiger partial charge in [0.1, 0.15) is 6.29 Å². The molecule has 62 valence electrons. The van der Waals surface area contributed by atoms with Crippen LogP contribution in [0, 0.1) is 11.8 Å². The fourth-order valence-corrected chi connectivity index (χ4v) is 2.77. The number of nitrogens with zero attached hydrogens (tertiary/aromatic N) is 1. The molecule has 0 N–H and O–H groups in total. The Bertz CT molecular complexity index is 169. The fraction of sp³-hybridized carbons (Fsp3) is 0.889. The Balaban J connectivity index is 2.13. The van der Waals surface area contributed by atoms with Crippen molar-refractivity contribution in [3.05, 3.63) is 0 Å². The molecule has 2 aliphatic rings. The van der Waals surface area contributed by atoms with Crippen molar-refractivity contribution in [2.45, 2.75) is 25.3 Å². The maximum absolute atomic E-state index is 10.7. The lowest BCUT2D eigenvalue weighted by molar-refractivity contribution is -0.112. The van der Waals surface area contributed by atoms with E-state index < -0.39 is 0 Å². The summed E-state index contributed by atoms with van der Waals surface area (Å²) in [7, 11) is 2.07. The summed E-state index contributed by atoms with van der Waals surface area (Å²) in [6.07, 6.45) is 5.10. The van der Waals surface area contributed by atoms with Crippen LogP contribution in [0.5, 0.6) is 0 Å². The molecule has 3 atom stereocenters. The van der Waals surface area contributed by atoms with E-state index in [-0.39, 0.29) is 6.04 Å². The van der Waals surface area contributed by atoms with Crippen LogP contribution in [0.3, 0.4) is 0 Å². The van der Waals surface area contributed by atoms with E-state index in [0.717, 1.165) is 18.7 Å². The molecule has 0 aromatic heterocycles. The van der Waals surface area contributed by atoms with Crippen molar-refractivity contribution < 1.29 is 4.79 Å². The number of rotatable bonds is 1. The molecular formula is C9H15NO. The van der Waals surface area contributed by atoms with Crippen LogP contribution in [0.25, 0.3) is 0 Å². The third-order valence-electron chi connectivity index (χ3n) is 3.33. The van der Waals surface area contributed by atoms with E-state index in [1.807, 2.05) is 0 Å². The van der Waals surface area contributed by atoms with Crippen LogP contribution in [0.4, 0.5) is 0 Å². The highest BCUT2D eigenvalue weighted by atomic mass is 16.1. The number of aldehydes is 1. The van der Waals surface area contributed by atoms with E-state index in [0.29, 0.717) is 5.92 Å². The molecule has 3 unspecified atom stereocenters. The summed E-state index contributed by atoms with van der Waals surface area (Å²) in [5.74, 6) is 1.52. The summed E-state index contributed by atoms with van der Waals surface area (Å²) in [5.41, 5.74) is 0. The lowest BCUT2D eigenvalue weighted by Crippen LogP contribution is -2.30. The highest BCUT2D eigenvalue weighted by Gasteiger charge is 2.41. The number of carbonyl (C=O) groups is 1. The average molecular weight is 153 g/mol. The van der Waals surface area contributed by atoms with Crippen molar-refractivity contribution in [3.8, 4) is 0 Å². The molecule has 0 bridgehead atoms. The van der Waals surface area contributed by atoms with Crippen molar-refractivity contribution >= 4 is 6.29 Å². The van der Waals surface area contributed by atoms with Crippen LogP contribution in [0.2, 0.25) is 0 Å². The van der Waals surface area contributed by atoms with Crippen molar-refractivity contribution in [1.82, 2.24) is 4.90 Å². The summed E-state index contributed by atoms with van der Waals surface area (Å²) in [6, 6.07) is 0.238. The maximum Gasteiger partial charge on any atom is 0.137 e. The largest absolute Gasteiger partial charge is 0.302 e. The van der Waals surface area contributed by atoms with Gasteiger partial charge in [-0.05, 0) is 31.7 Å². The zero-order chi connectivity index (χ0) is 7.84. The van der Waals surface area contributed by atoms with Crippen LogP contribution < -0.4 is 0 Å². The standard InChI is InChI=1S/C9H15NO/c1-10-5-7-3-2-4-8(7)9(10)6-11/h6-9H,2-5H2,1H3. The van der Waals surface area contributed by atoms with Crippen LogP contribution in [-0.4, -0.2) is 30.8 Å². The third kappa shape index (κ3) is 1.00. The molecule has 2 nitrogen and oxygen atoms in total. The summed E-state index contributed by atoms with van der Waals surface area (Å²) < 4.78 is 0. The minimum Gasteiger partial charge on any atom is -0.302 e. The van der Waals surface area contributed by atoms with Gasteiger partial charge in [0, 0.05) is 6.54 Å². The van der Waals surface area contributed by atoms with Gasteiger partial charge in [0.15, 0.2) is 0 Å². The first kappa shape index (κ1) is 7.29. The number of carbonyl (C=O) groups excluding carboxylic acids is 1. The molecule has 1 saturated carbocycles. The fourth-order valence-electron chi connectivity index (χ4n) is 2.77. The molecule has 2 rings (SSSR count). The second-order valence-corrected chi connectivity index (χ2v) is 3.92. The molecule has 1 aliphatic carbocycles. The first-order chi connectivity index (χ1) is 5.33. The van der Waals surface area contributed by atoms with Gasteiger partial charge in [0.05, 0.1) is 6.04 Å². The van der Waals surface area contributed by atoms with E-state index >= 15 is 0 Å². The van der Waals surface area contributed by atoms with Crippen molar-refractivity contribution in [2.24, 2.45) is 11.8 Å². The van der Waals surface area contributed by atoms with Gasteiger partial charge in [-0.3, -0.25) is 4.90 Å². The van der Waals surface area contributed by atoms with E-state index in [1.165, 1.54) is 19.3 Å². The average Bonchev–Trinajstić information content (AvgIpc) is 2.46. The predicted molar refractivity (Wildman–Crippen MR) is 43.3 cm³/mol. The number of hydrogen-bond acceptors (Lipinski definition) is 2. The minimum atomic E-state index is 0.238. The summed E-state index contributed by atoms with van der Waals surface area (Å²) in [4.78, 5) is 12.9. The van der Waals surface area contributed by atoms with Gasteiger partial charge in [-0.15, -0.1) is 0 Å². The highest BCUT2D eigenvalue weighted by molar-refractivity contribution is 5.59. The summed E-state index contributed by atoms with van der Waals surface area (Å²) in [5, 5.41) is 0. The van der Waals surface area contributed by atoms with E-state index in [2.05, 4.69) is 11.9 Å². The number of likely N-dealkylation sites (tertiary alicyclic amines) is 1. The van der Waals surface area contributed by atoms with Gasteiger partial charge >= 0.3 is 0 Å². The minimum absolute atomic E-state index is 0.238. The van der Waals surface area contributed by atoms with Gasteiger partial charge < -0.3 is 4.79 Å². The van der Waals surface area contributed by atoms with Crippen molar-refractivity contribution in [1.29, 1.82) is 0 Å². The summed E-state index contributed by atoms with van der Waals surface area (Å²) in [6.45, 7) is 1.15. The normalized spacial score (nSPS) is 44.3. The number of fused-ring (bicyclic) bond motifs is 1. The van der Waals surface area contributed by atoms with Gasteiger partial charge in [-0.2, -0.15) is 0 Å². The molecule has 1 aliphatic heterocycles. The zero-order valence-corrected chi connectivity index (χ0v) is 6.99. The summed E-state index contributed by atoms with van der Waals surface area (Å²) >= 11 is 0. The molecule has 1 heterocycles. The number of likely N-dealkylation sites (N-methyl/N-ethyl adjacent to an activating group) is 1. The molecule has 2 fully saturated rings. The molecule has 2 heteroatoms. The first-order valence-corrected chi connectivity index (χ1v) is 4.48. The Kier molecular flexibility index (Phi) is 1.72. The molecular weight excluding hydrogens is 138 g/mol. The molecule has 0 aromatic carbocycles. The Labute approximate surface area is 67.6 Å². The van der Waals surface area contributed by atoms with Crippen LogP contribution in [0.1, 0.15) is 19.3 Å². The predicted octanol–water partition coefficient (Wildman–Crippen LogP) is 0.916. The van der Waals surface area contributed by atoms with Crippen molar-refractivity contribution in [3.63, 3.8) is 0 Å². The van der Waals surface area contributed by atoms with Crippen LogP contribution in [-0.2, 0) is 4.79 Å². The SMILES string of the molecule is CN1CC2CCCC2C1C=O. The highest BCUT2D eigenvalue weighted by Crippen LogP contribution is 2.40. The molecule has 11 heavy (non-hydrogen) atoms. The molecule has 0 radical (unpaired) electrons. The van der Waals surface area contributed by atoms with E-state index in [4.69, 9.17) is 0 Å². The topological polar surface area (TPSA) is 20.3 Å².